The number of rotatable bonds is 4. The number of hydrogen-bond acceptors (Lipinski definition) is 5. The van der Waals surface area contributed by atoms with Crippen molar-refractivity contribution in [3.63, 3.8) is 0 Å². The molecule has 0 saturated carbocycles. The summed E-state index contributed by atoms with van der Waals surface area (Å²) >= 11 is 0. The maximum atomic E-state index is 14.4. The second kappa shape index (κ2) is 8.59. The molecule has 1 amide bonds. The number of ether oxygens (including phenoxy) is 1. The van der Waals surface area contributed by atoms with Crippen molar-refractivity contribution in [1.82, 2.24) is 24.3 Å². The number of nitrogens with zero attached hydrogens (tertiary/aromatic N) is 5. The van der Waals surface area contributed by atoms with E-state index >= 15 is 0 Å². The number of aryl methyl sites for hydroxylation is 1. The Morgan fingerprint density at radius 2 is 2.06 bits per heavy atom. The van der Waals surface area contributed by atoms with Crippen LogP contribution in [0.2, 0.25) is 0 Å². The van der Waals surface area contributed by atoms with Crippen molar-refractivity contribution in [3.8, 4) is 11.1 Å². The number of benzene rings is 1. The van der Waals surface area contributed by atoms with Crippen molar-refractivity contribution in [3.05, 3.63) is 72.7 Å². The van der Waals surface area contributed by atoms with Gasteiger partial charge < -0.3 is 14.6 Å². The van der Waals surface area contributed by atoms with Crippen LogP contribution in [0.25, 0.3) is 33.1 Å². The van der Waals surface area contributed by atoms with Crippen molar-refractivity contribution >= 4 is 33.5 Å². The first-order valence-corrected chi connectivity index (χ1v) is 11.6. The maximum absolute atomic E-state index is 14.4. The SMILES string of the molecule is Cn1ncc2c(NC(=O)c3cn(C4CCCCO4)c4ccc(-c5cccnc5F)cc34)ccnc21. The number of halogens is 1. The molecule has 35 heavy (non-hydrogen) atoms. The molecule has 1 atom stereocenters. The lowest BCUT2D eigenvalue weighted by atomic mass is 10.0. The second-order valence-corrected chi connectivity index (χ2v) is 8.66. The molecule has 0 spiro atoms. The van der Waals surface area contributed by atoms with Gasteiger partial charge in [0, 0.05) is 43.2 Å². The van der Waals surface area contributed by atoms with Crippen molar-refractivity contribution in [2.45, 2.75) is 25.5 Å². The lowest BCUT2D eigenvalue weighted by Crippen LogP contribution is -2.17. The van der Waals surface area contributed by atoms with Crippen LogP contribution < -0.4 is 5.32 Å². The smallest absolute Gasteiger partial charge is 0.257 e. The van der Waals surface area contributed by atoms with Crippen molar-refractivity contribution in [2.24, 2.45) is 7.05 Å². The van der Waals surface area contributed by atoms with Gasteiger partial charge in [0.15, 0.2) is 5.65 Å². The fourth-order valence-corrected chi connectivity index (χ4v) is 4.73. The summed E-state index contributed by atoms with van der Waals surface area (Å²) in [6, 6.07) is 10.7. The van der Waals surface area contributed by atoms with Gasteiger partial charge >= 0.3 is 0 Å². The van der Waals surface area contributed by atoms with E-state index in [-0.39, 0.29) is 12.1 Å². The van der Waals surface area contributed by atoms with E-state index in [9.17, 15) is 9.18 Å². The summed E-state index contributed by atoms with van der Waals surface area (Å²) in [5, 5.41) is 8.73. The van der Waals surface area contributed by atoms with Crippen molar-refractivity contribution in [2.75, 3.05) is 11.9 Å². The number of pyridine rings is 2. The summed E-state index contributed by atoms with van der Waals surface area (Å²) in [7, 11) is 1.80. The van der Waals surface area contributed by atoms with Gasteiger partial charge in [-0.2, -0.15) is 9.49 Å². The Morgan fingerprint density at radius 1 is 1.14 bits per heavy atom. The molecule has 1 aliphatic heterocycles. The van der Waals surface area contributed by atoms with Crippen LogP contribution in [0.5, 0.6) is 0 Å². The van der Waals surface area contributed by atoms with Crippen molar-refractivity contribution in [1.29, 1.82) is 0 Å². The van der Waals surface area contributed by atoms with Gasteiger partial charge in [-0.25, -0.2) is 9.97 Å². The molecular formula is C26H23FN6O2. The summed E-state index contributed by atoms with van der Waals surface area (Å²) in [5.74, 6) is -0.826. The fourth-order valence-electron chi connectivity index (χ4n) is 4.73. The van der Waals surface area contributed by atoms with Crippen LogP contribution in [0.3, 0.4) is 0 Å². The minimum absolute atomic E-state index is 0.153. The lowest BCUT2D eigenvalue weighted by Gasteiger charge is -2.24. The second-order valence-electron chi connectivity index (χ2n) is 8.66. The molecule has 1 unspecified atom stereocenters. The van der Waals surface area contributed by atoms with Crippen LogP contribution in [-0.2, 0) is 11.8 Å². The highest BCUT2D eigenvalue weighted by Gasteiger charge is 2.23. The van der Waals surface area contributed by atoms with E-state index in [1.54, 1.807) is 42.3 Å². The molecule has 6 rings (SSSR count). The molecule has 0 aliphatic carbocycles. The average Bonchev–Trinajstić information content (AvgIpc) is 3.46. The molecule has 5 heterocycles. The first-order valence-electron chi connectivity index (χ1n) is 11.6. The number of amides is 1. The highest BCUT2D eigenvalue weighted by atomic mass is 19.1. The molecule has 1 aromatic carbocycles. The van der Waals surface area contributed by atoms with Crippen LogP contribution in [0.15, 0.2) is 61.2 Å². The molecule has 176 valence electrons. The van der Waals surface area contributed by atoms with Gasteiger partial charge in [-0.15, -0.1) is 0 Å². The normalized spacial score (nSPS) is 16.1. The Balaban J connectivity index is 1.46. The van der Waals surface area contributed by atoms with E-state index in [1.807, 2.05) is 29.0 Å². The molecule has 5 aromatic rings. The van der Waals surface area contributed by atoms with Gasteiger partial charge in [0.25, 0.3) is 5.91 Å². The van der Waals surface area contributed by atoms with Gasteiger partial charge in [-0.3, -0.25) is 9.48 Å². The summed E-state index contributed by atoms with van der Waals surface area (Å²) < 4.78 is 24.1. The van der Waals surface area contributed by atoms with Crippen LogP contribution in [0.1, 0.15) is 35.8 Å². The zero-order chi connectivity index (χ0) is 23.9. The van der Waals surface area contributed by atoms with Gasteiger partial charge in [-0.05, 0) is 55.2 Å². The molecule has 0 radical (unpaired) electrons. The van der Waals surface area contributed by atoms with E-state index in [2.05, 4.69) is 20.4 Å². The number of carbonyl (C=O) groups excluding carboxylic acids is 1. The van der Waals surface area contributed by atoms with Gasteiger partial charge in [0.1, 0.15) is 6.23 Å². The summed E-state index contributed by atoms with van der Waals surface area (Å²) in [4.78, 5) is 21.7. The van der Waals surface area contributed by atoms with Crippen LogP contribution in [0.4, 0.5) is 10.1 Å². The molecule has 9 heteroatoms. The quantitative estimate of drug-likeness (QED) is 0.371. The largest absolute Gasteiger partial charge is 0.358 e. The molecule has 1 N–H and O–H groups in total. The van der Waals surface area contributed by atoms with Gasteiger partial charge in [-0.1, -0.05) is 6.07 Å². The topological polar surface area (TPSA) is 86.9 Å². The average molecular weight is 471 g/mol. The number of hydrogen-bond donors (Lipinski definition) is 1. The Labute approximate surface area is 200 Å². The minimum Gasteiger partial charge on any atom is -0.358 e. The van der Waals surface area contributed by atoms with Crippen molar-refractivity contribution < 1.29 is 13.9 Å². The summed E-state index contributed by atoms with van der Waals surface area (Å²) in [6.45, 7) is 0.681. The predicted octanol–water partition coefficient (Wildman–Crippen LogP) is 5.08. The highest BCUT2D eigenvalue weighted by molar-refractivity contribution is 6.15. The lowest BCUT2D eigenvalue weighted by molar-refractivity contribution is -0.0292. The predicted molar refractivity (Wildman–Crippen MR) is 130 cm³/mol. The zero-order valence-corrected chi connectivity index (χ0v) is 19.1. The summed E-state index contributed by atoms with van der Waals surface area (Å²) in [5.41, 5.74) is 3.67. The number of nitrogens with one attached hydrogen (secondary N) is 1. The van der Waals surface area contributed by atoms with Gasteiger partial charge in [0.2, 0.25) is 5.95 Å². The third kappa shape index (κ3) is 3.74. The number of aromatic nitrogens is 5. The minimum atomic E-state index is -0.552. The Bertz CT molecular complexity index is 1570. The standard InChI is InChI=1S/C26H23FN6O2/c1-32-25-19(14-30-32)21(9-11-29-25)31-26(34)20-15-33(23-6-2-3-12-35-23)22-8-7-16(13-18(20)22)17-5-4-10-28-24(17)27/h4-5,7-11,13-15,23H,2-3,6,12H2,1H3,(H,29,31,34). The molecule has 0 bridgehead atoms. The molecule has 1 saturated heterocycles. The molecule has 4 aromatic heterocycles. The first-order chi connectivity index (χ1) is 17.1. The molecule has 1 fully saturated rings. The van der Waals surface area contributed by atoms with Crippen LogP contribution >= 0.6 is 0 Å². The zero-order valence-electron chi connectivity index (χ0n) is 19.1. The highest BCUT2D eigenvalue weighted by Crippen LogP contribution is 2.34. The van der Waals surface area contributed by atoms with E-state index in [0.717, 1.165) is 30.2 Å². The third-order valence-electron chi connectivity index (χ3n) is 6.50. The number of fused-ring (bicyclic) bond motifs is 2. The Kier molecular flexibility index (Phi) is 5.26. The molecule has 8 nitrogen and oxygen atoms in total. The third-order valence-corrected chi connectivity index (χ3v) is 6.50. The Hall–Kier alpha value is -4.11. The number of anilines is 1. The first kappa shape index (κ1) is 21.4. The molecule has 1 aliphatic rings. The van der Waals surface area contributed by atoms with Gasteiger partial charge in [0.05, 0.1) is 28.4 Å². The van der Waals surface area contributed by atoms with E-state index in [0.29, 0.717) is 40.0 Å². The number of carbonyl (C=O) groups is 1. The van der Waals surface area contributed by atoms with Crippen LogP contribution in [-0.4, -0.2) is 36.8 Å². The van der Waals surface area contributed by atoms with E-state index < -0.39 is 5.95 Å². The Morgan fingerprint density at radius 3 is 2.89 bits per heavy atom. The van der Waals surface area contributed by atoms with E-state index in [1.165, 1.54) is 6.20 Å². The molecular weight excluding hydrogens is 447 g/mol. The summed E-state index contributed by atoms with van der Waals surface area (Å²) in [6.07, 6.45) is 9.37. The van der Waals surface area contributed by atoms with E-state index in [4.69, 9.17) is 4.74 Å². The van der Waals surface area contributed by atoms with Crippen LogP contribution in [0, 0.1) is 5.95 Å². The fraction of sp³-hybridized carbons (Fsp3) is 0.231. The maximum Gasteiger partial charge on any atom is 0.257 e. The monoisotopic (exact) mass is 470 g/mol.